The third-order valence-electron chi connectivity index (χ3n) is 8.17. The Morgan fingerprint density at radius 3 is 2.45 bits per heavy atom. The second-order valence-electron chi connectivity index (χ2n) is 11.5. The molecule has 1 amide bonds. The maximum absolute atomic E-state index is 14.0. The number of anilines is 1. The summed E-state index contributed by atoms with van der Waals surface area (Å²) in [5.41, 5.74) is -3.28. The highest BCUT2D eigenvalue weighted by atomic mass is 19.4. The van der Waals surface area contributed by atoms with Crippen molar-refractivity contribution in [3.63, 3.8) is 0 Å². The normalized spacial score (nSPS) is 15.2. The standard InChI is InChI=1S/C32H26F3N9O5/c33-32(34,35)26-24-25(44(41-26)21-6-3-5-18(14-21)27-38-29(47)40-39-27)28(46)43(31(49)37-24)30(48)36-20-10-8-17(9-11-20)23-7-2-1-4-19(23)15-42-13-12-22(45)16-42/h1-11,14,22,45H,12-13,15-16H2,(H,36,48)(H,37,49)(H2,38,39,40,47). The molecule has 1 aliphatic heterocycles. The summed E-state index contributed by atoms with van der Waals surface area (Å²) in [6.07, 6.45) is -4.72. The first-order chi connectivity index (χ1) is 23.5. The summed E-state index contributed by atoms with van der Waals surface area (Å²) in [5, 5.41) is 22.0. The van der Waals surface area contributed by atoms with Gasteiger partial charge in [0, 0.05) is 30.9 Å². The van der Waals surface area contributed by atoms with Crippen molar-refractivity contribution in [3.8, 4) is 28.2 Å². The number of carbonyl (C=O) groups excluding carboxylic acids is 1. The number of fused-ring (bicyclic) bond motifs is 1. The lowest BCUT2D eigenvalue weighted by Gasteiger charge is -2.18. The lowest BCUT2D eigenvalue weighted by atomic mass is 9.99. The zero-order chi connectivity index (χ0) is 34.4. The van der Waals surface area contributed by atoms with E-state index in [1.807, 2.05) is 29.2 Å². The maximum Gasteiger partial charge on any atom is 0.437 e. The number of aromatic amines is 3. The number of halogens is 3. The van der Waals surface area contributed by atoms with E-state index in [9.17, 15) is 37.5 Å². The van der Waals surface area contributed by atoms with Gasteiger partial charge in [0.2, 0.25) is 0 Å². The first-order valence-electron chi connectivity index (χ1n) is 15.0. The molecule has 1 saturated heterocycles. The van der Waals surface area contributed by atoms with Gasteiger partial charge < -0.3 is 15.4 Å². The number of benzene rings is 3. The number of aromatic nitrogens is 7. The summed E-state index contributed by atoms with van der Waals surface area (Å²) < 4.78 is 43.0. The predicted molar refractivity (Wildman–Crippen MR) is 171 cm³/mol. The Kier molecular flexibility index (Phi) is 7.84. The average molecular weight is 674 g/mol. The molecule has 4 heterocycles. The van der Waals surface area contributed by atoms with E-state index in [2.05, 4.69) is 30.5 Å². The van der Waals surface area contributed by atoms with Gasteiger partial charge in [0.1, 0.15) is 5.52 Å². The number of alkyl halides is 3. The maximum atomic E-state index is 14.0. The number of nitrogens with zero attached hydrogens (tertiary/aromatic N) is 5. The van der Waals surface area contributed by atoms with E-state index in [0.29, 0.717) is 24.2 Å². The van der Waals surface area contributed by atoms with Crippen LogP contribution >= 0.6 is 0 Å². The molecule has 14 nitrogen and oxygen atoms in total. The molecule has 1 fully saturated rings. The molecule has 49 heavy (non-hydrogen) atoms. The molecule has 1 atom stereocenters. The highest BCUT2D eigenvalue weighted by Gasteiger charge is 2.39. The highest BCUT2D eigenvalue weighted by molar-refractivity contribution is 5.93. The fourth-order valence-electron chi connectivity index (χ4n) is 5.91. The van der Waals surface area contributed by atoms with E-state index in [1.54, 1.807) is 24.3 Å². The minimum absolute atomic E-state index is 0.0465. The van der Waals surface area contributed by atoms with Gasteiger partial charge in [-0.25, -0.2) is 24.2 Å². The van der Waals surface area contributed by atoms with Crippen molar-refractivity contribution in [1.29, 1.82) is 0 Å². The van der Waals surface area contributed by atoms with Crippen LogP contribution in [0.4, 0.5) is 23.7 Å². The monoisotopic (exact) mass is 673 g/mol. The van der Waals surface area contributed by atoms with E-state index in [0.717, 1.165) is 23.2 Å². The van der Waals surface area contributed by atoms with E-state index in [4.69, 9.17) is 0 Å². The number of nitrogens with one attached hydrogen (secondary N) is 4. The summed E-state index contributed by atoms with van der Waals surface area (Å²) in [6.45, 7) is 2.00. The third kappa shape index (κ3) is 6.07. The third-order valence-corrected chi connectivity index (χ3v) is 8.17. The summed E-state index contributed by atoms with van der Waals surface area (Å²) in [5.74, 6) is 0.0745. The van der Waals surface area contributed by atoms with Crippen molar-refractivity contribution in [1.82, 2.24) is 39.4 Å². The molecule has 5 N–H and O–H groups in total. The van der Waals surface area contributed by atoms with Crippen LogP contribution in [0.5, 0.6) is 0 Å². The summed E-state index contributed by atoms with van der Waals surface area (Å²) in [7, 11) is 0. The molecule has 1 unspecified atom stereocenters. The van der Waals surface area contributed by atoms with Gasteiger partial charge in [-0.05, 0) is 47.4 Å². The van der Waals surface area contributed by atoms with Crippen molar-refractivity contribution in [2.75, 3.05) is 18.4 Å². The second-order valence-corrected chi connectivity index (χ2v) is 11.5. The number of likely N-dealkylation sites (tertiary alicyclic amines) is 1. The van der Waals surface area contributed by atoms with E-state index >= 15 is 0 Å². The smallest absolute Gasteiger partial charge is 0.392 e. The quantitative estimate of drug-likeness (QED) is 0.178. The molecule has 3 aromatic carbocycles. The number of H-pyrrole nitrogens is 3. The first-order valence-corrected chi connectivity index (χ1v) is 15.0. The van der Waals surface area contributed by atoms with Gasteiger partial charge in [0.15, 0.2) is 17.0 Å². The SMILES string of the molecule is O=C(Nc1ccc(-c2ccccc2CN2CCC(O)C2)cc1)n1c(=O)[nH]c2c(C(F)(F)F)nn(-c3cccc(-c4n[nH]c(=O)[nH]4)c3)c2c1=O. The van der Waals surface area contributed by atoms with Gasteiger partial charge in [-0.15, -0.1) is 0 Å². The predicted octanol–water partition coefficient (Wildman–Crippen LogP) is 3.29. The second kappa shape index (κ2) is 12.2. The van der Waals surface area contributed by atoms with Crippen molar-refractivity contribution >= 4 is 22.8 Å². The van der Waals surface area contributed by atoms with E-state index < -0.39 is 45.9 Å². The number of β-amino-alcohol motifs (C(OH)–C–C–N with tert-alkyl or cyclic N) is 1. The summed E-state index contributed by atoms with van der Waals surface area (Å²) in [6, 6.07) is 18.8. The average Bonchev–Trinajstić information content (AvgIpc) is 3.80. The molecule has 6 aromatic rings. The fraction of sp³-hybridized carbons (Fsp3) is 0.188. The van der Waals surface area contributed by atoms with Gasteiger partial charge in [-0.2, -0.15) is 27.9 Å². The van der Waals surface area contributed by atoms with Gasteiger partial charge in [-0.3, -0.25) is 14.7 Å². The number of hydrogen-bond donors (Lipinski definition) is 5. The lowest BCUT2D eigenvalue weighted by Crippen LogP contribution is -2.42. The Morgan fingerprint density at radius 1 is 0.980 bits per heavy atom. The van der Waals surface area contributed by atoms with Crippen LogP contribution in [-0.2, 0) is 12.7 Å². The van der Waals surface area contributed by atoms with Crippen LogP contribution in [0.2, 0.25) is 0 Å². The summed E-state index contributed by atoms with van der Waals surface area (Å²) in [4.78, 5) is 58.1. The summed E-state index contributed by atoms with van der Waals surface area (Å²) >= 11 is 0. The topological polar surface area (TPSA) is 187 Å². The highest BCUT2D eigenvalue weighted by Crippen LogP contribution is 2.33. The first kappa shape index (κ1) is 31.5. The van der Waals surface area contributed by atoms with Crippen LogP contribution < -0.4 is 22.3 Å². The van der Waals surface area contributed by atoms with Crippen molar-refractivity contribution in [2.45, 2.75) is 25.2 Å². The Morgan fingerprint density at radius 2 is 1.76 bits per heavy atom. The molecule has 0 spiro atoms. The molecule has 0 aliphatic carbocycles. The molecule has 0 bridgehead atoms. The molecule has 17 heteroatoms. The van der Waals surface area contributed by atoms with Gasteiger partial charge >= 0.3 is 23.6 Å². The van der Waals surface area contributed by atoms with Crippen LogP contribution in [0.25, 0.3) is 39.2 Å². The minimum Gasteiger partial charge on any atom is -0.392 e. The number of hydrogen-bond acceptors (Lipinski definition) is 8. The van der Waals surface area contributed by atoms with Crippen LogP contribution in [0.3, 0.4) is 0 Å². The van der Waals surface area contributed by atoms with Crippen LogP contribution in [-0.4, -0.2) is 69.7 Å². The van der Waals surface area contributed by atoms with Gasteiger partial charge in [0.05, 0.1) is 11.8 Å². The molecule has 3 aromatic heterocycles. The van der Waals surface area contributed by atoms with Crippen LogP contribution in [0.15, 0.2) is 87.2 Å². The molecule has 7 rings (SSSR count). The molecular formula is C32H26F3N9O5. The molecule has 250 valence electrons. The Balaban J connectivity index is 1.22. The number of aliphatic hydroxyl groups excluding tert-OH is 1. The largest absolute Gasteiger partial charge is 0.437 e. The zero-order valence-electron chi connectivity index (χ0n) is 25.3. The van der Waals surface area contributed by atoms with Gasteiger partial charge in [0.25, 0.3) is 5.56 Å². The Bertz CT molecular complexity index is 2390. The number of rotatable bonds is 6. The van der Waals surface area contributed by atoms with Crippen molar-refractivity contribution < 1.29 is 23.1 Å². The molecule has 1 aliphatic rings. The number of aliphatic hydroxyl groups is 1. The number of carbonyl (C=O) groups is 1. The minimum atomic E-state index is -5.07. The van der Waals surface area contributed by atoms with E-state index in [1.165, 1.54) is 24.3 Å². The Labute approximate surface area is 272 Å². The Hall–Kier alpha value is -6.07. The number of amides is 1. The van der Waals surface area contributed by atoms with Crippen molar-refractivity contribution in [3.05, 3.63) is 115 Å². The molecule has 0 radical (unpaired) electrons. The van der Waals surface area contributed by atoms with Gasteiger partial charge in [-0.1, -0.05) is 48.5 Å². The van der Waals surface area contributed by atoms with Crippen LogP contribution in [0.1, 0.15) is 17.7 Å². The molecule has 0 saturated carbocycles. The van der Waals surface area contributed by atoms with Crippen molar-refractivity contribution in [2.24, 2.45) is 0 Å². The van der Waals surface area contributed by atoms with E-state index in [-0.39, 0.29) is 33.4 Å². The molecular weight excluding hydrogens is 647 g/mol. The zero-order valence-corrected chi connectivity index (χ0v) is 25.3. The fourth-order valence-corrected chi connectivity index (χ4v) is 5.91. The van der Waals surface area contributed by atoms with Crippen LogP contribution in [0, 0.1) is 0 Å². The lowest BCUT2D eigenvalue weighted by molar-refractivity contribution is -0.140.